The third kappa shape index (κ3) is 2.66. The number of benzene rings is 2. The van der Waals surface area contributed by atoms with E-state index in [2.05, 4.69) is 40.7 Å². The molecule has 2 nitrogen and oxygen atoms in total. The van der Waals surface area contributed by atoms with Crippen LogP contribution in [0.15, 0.2) is 36.4 Å². The highest BCUT2D eigenvalue weighted by atomic mass is 35.5. The molecule has 0 unspecified atom stereocenters. The molecule has 4 heteroatoms. The second-order valence-electron chi connectivity index (χ2n) is 5.32. The van der Waals surface area contributed by atoms with E-state index in [-0.39, 0.29) is 5.82 Å². The summed E-state index contributed by atoms with van der Waals surface area (Å²) >= 11 is 6.00. The Bertz CT molecular complexity index is 791. The molecule has 3 aromatic rings. The van der Waals surface area contributed by atoms with Crippen molar-refractivity contribution in [2.24, 2.45) is 0 Å². The minimum absolute atomic E-state index is 0.233. The Morgan fingerprint density at radius 2 is 1.86 bits per heavy atom. The summed E-state index contributed by atoms with van der Waals surface area (Å²) in [4.78, 5) is 4.44. The van der Waals surface area contributed by atoms with E-state index in [1.807, 2.05) is 6.07 Å². The van der Waals surface area contributed by atoms with Crippen LogP contribution in [-0.4, -0.2) is 9.55 Å². The number of rotatable bonds is 3. The van der Waals surface area contributed by atoms with Crippen molar-refractivity contribution in [2.75, 3.05) is 0 Å². The molecule has 3 rings (SSSR count). The largest absolute Gasteiger partial charge is 0.322 e. The fourth-order valence-corrected chi connectivity index (χ4v) is 2.66. The molecule has 0 aliphatic heterocycles. The Morgan fingerprint density at radius 3 is 2.52 bits per heavy atom. The summed E-state index contributed by atoms with van der Waals surface area (Å²) in [5.41, 5.74) is 4.60. The SMILES string of the molecule is Cc1ccc(Cn2c(CCl)nc3cc(F)c(C)cc32)cc1. The molecule has 1 aromatic heterocycles. The highest BCUT2D eigenvalue weighted by Gasteiger charge is 2.12. The fraction of sp³-hybridized carbons (Fsp3) is 0.235. The second kappa shape index (κ2) is 5.49. The van der Waals surface area contributed by atoms with Gasteiger partial charge in [0.15, 0.2) is 0 Å². The van der Waals surface area contributed by atoms with Crippen LogP contribution in [0.25, 0.3) is 11.0 Å². The number of fused-ring (bicyclic) bond motifs is 1. The molecule has 0 aliphatic rings. The van der Waals surface area contributed by atoms with E-state index < -0.39 is 0 Å². The molecule has 1 heterocycles. The van der Waals surface area contributed by atoms with Crippen molar-refractivity contribution in [3.63, 3.8) is 0 Å². The maximum Gasteiger partial charge on any atom is 0.128 e. The van der Waals surface area contributed by atoms with Gasteiger partial charge in [0.25, 0.3) is 0 Å². The van der Waals surface area contributed by atoms with Crippen LogP contribution >= 0.6 is 11.6 Å². The van der Waals surface area contributed by atoms with Crippen molar-refractivity contribution >= 4 is 22.6 Å². The highest BCUT2D eigenvalue weighted by Crippen LogP contribution is 2.22. The van der Waals surface area contributed by atoms with Crippen LogP contribution in [0.4, 0.5) is 4.39 Å². The molecule has 0 amide bonds. The minimum Gasteiger partial charge on any atom is -0.322 e. The first-order valence-electron chi connectivity index (χ1n) is 6.85. The van der Waals surface area contributed by atoms with E-state index in [4.69, 9.17) is 11.6 Å². The first-order chi connectivity index (χ1) is 10.1. The van der Waals surface area contributed by atoms with Crippen molar-refractivity contribution in [1.29, 1.82) is 0 Å². The van der Waals surface area contributed by atoms with Gasteiger partial charge in [0, 0.05) is 12.6 Å². The number of aryl methyl sites for hydroxylation is 2. The van der Waals surface area contributed by atoms with E-state index in [9.17, 15) is 4.39 Å². The van der Waals surface area contributed by atoms with Gasteiger partial charge in [-0.05, 0) is 31.0 Å². The molecule has 0 saturated carbocycles. The number of halogens is 2. The Labute approximate surface area is 128 Å². The standard InChI is InChI=1S/C17H16ClFN2/c1-11-3-5-13(6-4-11)10-21-16-7-12(2)14(19)8-15(16)20-17(21)9-18/h3-8H,9-10H2,1-2H3. The fourth-order valence-electron chi connectivity index (χ4n) is 2.45. The monoisotopic (exact) mass is 302 g/mol. The van der Waals surface area contributed by atoms with Crippen LogP contribution in [0.5, 0.6) is 0 Å². The van der Waals surface area contributed by atoms with E-state index in [1.165, 1.54) is 17.2 Å². The van der Waals surface area contributed by atoms with Gasteiger partial charge in [-0.2, -0.15) is 0 Å². The maximum atomic E-state index is 13.7. The Kier molecular flexibility index (Phi) is 3.68. The first kappa shape index (κ1) is 14.1. The van der Waals surface area contributed by atoms with Gasteiger partial charge in [-0.15, -0.1) is 11.6 Å². The van der Waals surface area contributed by atoms with Crippen LogP contribution in [0, 0.1) is 19.7 Å². The summed E-state index contributed by atoms with van der Waals surface area (Å²) in [6.45, 7) is 4.51. The van der Waals surface area contributed by atoms with Crippen LogP contribution in [0.2, 0.25) is 0 Å². The van der Waals surface area contributed by atoms with Gasteiger partial charge in [0.1, 0.15) is 11.6 Å². The third-order valence-corrected chi connectivity index (χ3v) is 3.93. The van der Waals surface area contributed by atoms with Gasteiger partial charge < -0.3 is 4.57 Å². The number of alkyl halides is 1. The summed E-state index contributed by atoms with van der Waals surface area (Å²) in [6.07, 6.45) is 0. The van der Waals surface area contributed by atoms with Crippen LogP contribution in [-0.2, 0) is 12.4 Å². The van der Waals surface area contributed by atoms with E-state index in [0.717, 1.165) is 11.3 Å². The molecule has 0 saturated heterocycles. The summed E-state index contributed by atoms with van der Waals surface area (Å²) in [6, 6.07) is 11.7. The molecule has 0 N–H and O–H groups in total. The zero-order valence-corrected chi connectivity index (χ0v) is 12.8. The van der Waals surface area contributed by atoms with Crippen LogP contribution in [0.1, 0.15) is 22.5 Å². The van der Waals surface area contributed by atoms with Gasteiger partial charge in [-0.25, -0.2) is 9.37 Å². The molecule has 21 heavy (non-hydrogen) atoms. The quantitative estimate of drug-likeness (QED) is 0.648. The lowest BCUT2D eigenvalue weighted by Crippen LogP contribution is -2.04. The third-order valence-electron chi connectivity index (χ3n) is 3.69. The predicted molar refractivity (Wildman–Crippen MR) is 84.3 cm³/mol. The first-order valence-corrected chi connectivity index (χ1v) is 7.38. The van der Waals surface area contributed by atoms with Crippen molar-refractivity contribution in [1.82, 2.24) is 9.55 Å². The Hall–Kier alpha value is -1.87. The number of hydrogen-bond acceptors (Lipinski definition) is 1. The molecule has 2 aromatic carbocycles. The molecule has 0 spiro atoms. The molecule has 0 radical (unpaired) electrons. The smallest absolute Gasteiger partial charge is 0.128 e. The van der Waals surface area contributed by atoms with Crippen molar-refractivity contribution in [3.8, 4) is 0 Å². The van der Waals surface area contributed by atoms with Crippen LogP contribution in [0.3, 0.4) is 0 Å². The number of hydrogen-bond donors (Lipinski definition) is 0. The maximum absolute atomic E-state index is 13.7. The average Bonchev–Trinajstić information content (AvgIpc) is 2.79. The van der Waals surface area contributed by atoms with Crippen molar-refractivity contribution < 1.29 is 4.39 Å². The molecule has 0 bridgehead atoms. The molecule has 0 aliphatic carbocycles. The van der Waals surface area contributed by atoms with E-state index in [1.54, 1.807) is 6.92 Å². The number of imidazole rings is 1. The summed E-state index contributed by atoms with van der Waals surface area (Å²) < 4.78 is 15.7. The van der Waals surface area contributed by atoms with Gasteiger partial charge in [-0.3, -0.25) is 0 Å². The lowest BCUT2D eigenvalue weighted by Gasteiger charge is -2.09. The molecular formula is C17H16ClFN2. The van der Waals surface area contributed by atoms with Gasteiger partial charge >= 0.3 is 0 Å². The molecule has 0 atom stereocenters. The van der Waals surface area contributed by atoms with Gasteiger partial charge in [-0.1, -0.05) is 29.8 Å². The van der Waals surface area contributed by atoms with E-state index >= 15 is 0 Å². The van der Waals surface area contributed by atoms with Crippen molar-refractivity contribution in [2.45, 2.75) is 26.3 Å². The molecule has 108 valence electrons. The lowest BCUT2D eigenvalue weighted by molar-refractivity contribution is 0.620. The van der Waals surface area contributed by atoms with Crippen molar-refractivity contribution in [3.05, 3.63) is 64.7 Å². The summed E-state index contributed by atoms with van der Waals surface area (Å²) in [7, 11) is 0. The summed E-state index contributed by atoms with van der Waals surface area (Å²) in [5.74, 6) is 0.835. The van der Waals surface area contributed by atoms with Gasteiger partial charge in [0.05, 0.1) is 16.9 Å². The molecule has 0 fully saturated rings. The topological polar surface area (TPSA) is 17.8 Å². The van der Waals surface area contributed by atoms with E-state index in [0.29, 0.717) is 23.5 Å². The lowest BCUT2D eigenvalue weighted by atomic mass is 10.1. The normalized spacial score (nSPS) is 11.2. The Morgan fingerprint density at radius 1 is 1.14 bits per heavy atom. The minimum atomic E-state index is -0.233. The number of nitrogens with zero attached hydrogens (tertiary/aromatic N) is 2. The second-order valence-corrected chi connectivity index (χ2v) is 5.59. The number of aromatic nitrogens is 2. The zero-order valence-electron chi connectivity index (χ0n) is 12.0. The van der Waals surface area contributed by atoms with Crippen LogP contribution < -0.4 is 0 Å². The molecular weight excluding hydrogens is 287 g/mol. The zero-order chi connectivity index (χ0) is 15.0. The summed E-state index contributed by atoms with van der Waals surface area (Å²) in [5, 5.41) is 0. The Balaban J connectivity index is 2.11. The average molecular weight is 303 g/mol. The van der Waals surface area contributed by atoms with Gasteiger partial charge in [0.2, 0.25) is 0 Å². The highest BCUT2D eigenvalue weighted by molar-refractivity contribution is 6.16. The predicted octanol–water partition coefficient (Wildman–Crippen LogP) is 4.58.